The minimum atomic E-state index is -0.749. The molecule has 0 radical (unpaired) electrons. The van der Waals surface area contributed by atoms with Gasteiger partial charge in [0.2, 0.25) is 0 Å². The van der Waals surface area contributed by atoms with E-state index in [0.717, 1.165) is 6.42 Å². The van der Waals surface area contributed by atoms with Crippen LogP contribution in [0.1, 0.15) is 54.4 Å². The number of rotatable bonds is 5. The third-order valence-electron chi connectivity index (χ3n) is 1.60. The summed E-state index contributed by atoms with van der Waals surface area (Å²) in [6.07, 6.45) is 1.11. The molecule has 0 aromatic carbocycles. The van der Waals surface area contributed by atoms with Gasteiger partial charge in [-0.3, -0.25) is 4.79 Å². The molecule has 94 valence electrons. The summed E-state index contributed by atoms with van der Waals surface area (Å²) in [5.74, 6) is -0.0727. The standard InChI is InChI=1S/C8H17NO2.2C2H6/c1-6(2)3-7(5-9)4-8(10)11;2*1-2/h6-7H,3-5,9H2,1-2H3,(H,10,11);2*1-2H3. The topological polar surface area (TPSA) is 63.3 Å². The molecule has 0 aliphatic heterocycles. The van der Waals surface area contributed by atoms with Gasteiger partial charge in [-0.1, -0.05) is 41.5 Å². The number of carboxylic acids is 1. The van der Waals surface area contributed by atoms with Gasteiger partial charge in [0.25, 0.3) is 0 Å². The Kier molecular flexibility index (Phi) is 21.1. The first-order valence-corrected chi connectivity index (χ1v) is 5.98. The second-order valence-corrected chi connectivity index (χ2v) is 3.33. The van der Waals surface area contributed by atoms with Crippen molar-refractivity contribution < 1.29 is 9.90 Å². The van der Waals surface area contributed by atoms with E-state index in [4.69, 9.17) is 10.8 Å². The van der Waals surface area contributed by atoms with E-state index < -0.39 is 5.97 Å². The lowest BCUT2D eigenvalue weighted by Gasteiger charge is -2.13. The summed E-state index contributed by atoms with van der Waals surface area (Å²) in [4.78, 5) is 10.3. The van der Waals surface area contributed by atoms with Crippen LogP contribution in [0.3, 0.4) is 0 Å². The lowest BCUT2D eigenvalue weighted by Crippen LogP contribution is -2.19. The van der Waals surface area contributed by atoms with E-state index in [9.17, 15) is 4.79 Å². The Balaban J connectivity index is -0.000000318. The maximum absolute atomic E-state index is 10.3. The predicted molar refractivity (Wildman–Crippen MR) is 66.9 cm³/mol. The van der Waals surface area contributed by atoms with Gasteiger partial charge in [0.1, 0.15) is 0 Å². The van der Waals surface area contributed by atoms with E-state index in [1.807, 2.05) is 27.7 Å². The molecule has 3 N–H and O–H groups in total. The van der Waals surface area contributed by atoms with Crippen molar-refractivity contribution in [3.8, 4) is 0 Å². The van der Waals surface area contributed by atoms with Crippen molar-refractivity contribution in [2.75, 3.05) is 6.54 Å². The molecule has 0 saturated carbocycles. The van der Waals surface area contributed by atoms with Crippen molar-refractivity contribution in [1.82, 2.24) is 0 Å². The van der Waals surface area contributed by atoms with Crippen LogP contribution in [-0.4, -0.2) is 17.6 Å². The Morgan fingerprint density at radius 1 is 1.20 bits per heavy atom. The molecule has 0 bridgehead atoms. The summed E-state index contributed by atoms with van der Waals surface area (Å²) in [7, 11) is 0. The van der Waals surface area contributed by atoms with Gasteiger partial charge in [-0.15, -0.1) is 0 Å². The fraction of sp³-hybridized carbons (Fsp3) is 0.917. The molecule has 0 aromatic heterocycles. The quantitative estimate of drug-likeness (QED) is 0.746. The second kappa shape index (κ2) is 15.9. The van der Waals surface area contributed by atoms with Crippen molar-refractivity contribution in [2.24, 2.45) is 17.6 Å². The number of carboxylic acid groups (broad SMARTS) is 1. The van der Waals surface area contributed by atoms with Gasteiger partial charge in [-0.05, 0) is 24.8 Å². The molecule has 0 spiro atoms. The van der Waals surface area contributed by atoms with Crippen LogP contribution in [0.15, 0.2) is 0 Å². The molecule has 0 amide bonds. The summed E-state index contributed by atoms with van der Waals surface area (Å²) in [6.45, 7) is 12.6. The molecule has 0 aromatic rings. The van der Waals surface area contributed by atoms with Crippen LogP contribution in [0.2, 0.25) is 0 Å². The Morgan fingerprint density at radius 2 is 1.60 bits per heavy atom. The molecule has 0 rings (SSSR count). The normalized spacial score (nSPS) is 10.7. The van der Waals surface area contributed by atoms with Crippen LogP contribution >= 0.6 is 0 Å². The largest absolute Gasteiger partial charge is 0.481 e. The predicted octanol–water partition coefficient (Wildman–Crippen LogP) is 3.13. The highest BCUT2D eigenvalue weighted by atomic mass is 16.4. The molecule has 0 aliphatic carbocycles. The van der Waals surface area contributed by atoms with E-state index in [1.165, 1.54) is 0 Å². The fourth-order valence-corrected chi connectivity index (χ4v) is 1.18. The monoisotopic (exact) mass is 219 g/mol. The molecular weight excluding hydrogens is 190 g/mol. The van der Waals surface area contributed by atoms with Crippen LogP contribution in [0.25, 0.3) is 0 Å². The highest BCUT2D eigenvalue weighted by molar-refractivity contribution is 5.67. The number of hydrogen-bond donors (Lipinski definition) is 2. The molecule has 3 nitrogen and oxygen atoms in total. The molecular formula is C12H29NO2. The van der Waals surface area contributed by atoms with Gasteiger partial charge in [0.05, 0.1) is 0 Å². The highest BCUT2D eigenvalue weighted by Gasteiger charge is 2.12. The maximum Gasteiger partial charge on any atom is 0.303 e. The SMILES string of the molecule is CC.CC.CC(C)CC(CN)CC(=O)O. The summed E-state index contributed by atoms with van der Waals surface area (Å²) < 4.78 is 0. The van der Waals surface area contributed by atoms with E-state index in [-0.39, 0.29) is 12.3 Å². The average molecular weight is 219 g/mol. The lowest BCUT2D eigenvalue weighted by atomic mass is 9.94. The van der Waals surface area contributed by atoms with Gasteiger partial charge in [-0.25, -0.2) is 0 Å². The van der Waals surface area contributed by atoms with Crippen molar-refractivity contribution in [1.29, 1.82) is 0 Å². The van der Waals surface area contributed by atoms with E-state index in [2.05, 4.69) is 13.8 Å². The molecule has 15 heavy (non-hydrogen) atoms. The molecule has 1 unspecified atom stereocenters. The Bertz CT molecular complexity index is 125. The minimum Gasteiger partial charge on any atom is -0.481 e. The molecule has 1 atom stereocenters. The third-order valence-corrected chi connectivity index (χ3v) is 1.60. The van der Waals surface area contributed by atoms with Gasteiger partial charge < -0.3 is 10.8 Å². The zero-order chi connectivity index (χ0) is 12.9. The van der Waals surface area contributed by atoms with E-state index >= 15 is 0 Å². The van der Waals surface area contributed by atoms with Gasteiger partial charge >= 0.3 is 5.97 Å². The number of nitrogens with two attached hydrogens (primary N) is 1. The third kappa shape index (κ3) is 19.7. The zero-order valence-corrected chi connectivity index (χ0v) is 11.2. The smallest absolute Gasteiger partial charge is 0.303 e. The molecule has 0 saturated heterocycles. The van der Waals surface area contributed by atoms with Crippen LogP contribution < -0.4 is 5.73 Å². The van der Waals surface area contributed by atoms with Gasteiger partial charge in [-0.2, -0.15) is 0 Å². The summed E-state index contributed by atoms with van der Waals surface area (Å²) in [5.41, 5.74) is 5.41. The van der Waals surface area contributed by atoms with Crippen molar-refractivity contribution in [3.05, 3.63) is 0 Å². The summed E-state index contributed by atoms with van der Waals surface area (Å²) in [6, 6.07) is 0. The van der Waals surface area contributed by atoms with Crippen LogP contribution in [-0.2, 0) is 4.79 Å². The molecule has 3 heteroatoms. The Morgan fingerprint density at radius 3 is 1.80 bits per heavy atom. The Labute approximate surface area is 95.1 Å². The van der Waals surface area contributed by atoms with Crippen molar-refractivity contribution >= 4 is 5.97 Å². The first-order valence-electron chi connectivity index (χ1n) is 5.98. The fourth-order valence-electron chi connectivity index (χ4n) is 1.18. The molecule has 0 fully saturated rings. The van der Waals surface area contributed by atoms with Gasteiger partial charge in [0, 0.05) is 6.42 Å². The second-order valence-electron chi connectivity index (χ2n) is 3.33. The van der Waals surface area contributed by atoms with Crippen LogP contribution in [0.5, 0.6) is 0 Å². The first-order chi connectivity index (χ1) is 7.06. The number of hydrogen-bond acceptors (Lipinski definition) is 2. The molecule has 0 heterocycles. The van der Waals surface area contributed by atoms with Crippen molar-refractivity contribution in [2.45, 2.75) is 54.4 Å². The Hall–Kier alpha value is -0.570. The van der Waals surface area contributed by atoms with Crippen LogP contribution in [0.4, 0.5) is 0 Å². The van der Waals surface area contributed by atoms with E-state index in [1.54, 1.807) is 0 Å². The average Bonchev–Trinajstić information content (AvgIpc) is 2.21. The van der Waals surface area contributed by atoms with Crippen LogP contribution in [0, 0.1) is 11.8 Å². The first kappa shape index (κ1) is 19.9. The number of aliphatic carboxylic acids is 1. The maximum atomic E-state index is 10.3. The summed E-state index contributed by atoms with van der Waals surface area (Å²) >= 11 is 0. The molecule has 0 aliphatic rings. The van der Waals surface area contributed by atoms with Crippen molar-refractivity contribution in [3.63, 3.8) is 0 Å². The van der Waals surface area contributed by atoms with E-state index in [0.29, 0.717) is 12.5 Å². The minimum absolute atomic E-state index is 0.146. The zero-order valence-electron chi connectivity index (χ0n) is 11.2. The summed E-state index contributed by atoms with van der Waals surface area (Å²) in [5, 5.41) is 8.47. The highest BCUT2D eigenvalue weighted by Crippen LogP contribution is 2.13. The lowest BCUT2D eigenvalue weighted by molar-refractivity contribution is -0.138. The number of carbonyl (C=O) groups is 1. The van der Waals surface area contributed by atoms with Gasteiger partial charge in [0.15, 0.2) is 0 Å².